The molecule has 0 bridgehead atoms. The molecule has 1 aromatic rings. The van der Waals surface area contributed by atoms with E-state index in [0.717, 1.165) is 6.42 Å². The van der Waals surface area contributed by atoms with Gasteiger partial charge in [-0.15, -0.1) is 0 Å². The summed E-state index contributed by atoms with van der Waals surface area (Å²) in [5.74, 6) is 0. The zero-order valence-corrected chi connectivity index (χ0v) is 12.8. The van der Waals surface area contributed by atoms with E-state index in [1.807, 2.05) is 27.7 Å². The molecule has 0 amide bonds. The van der Waals surface area contributed by atoms with E-state index in [2.05, 4.69) is 31.2 Å². The third kappa shape index (κ3) is 2.85. The van der Waals surface area contributed by atoms with E-state index in [1.54, 1.807) is 0 Å². The van der Waals surface area contributed by atoms with Crippen LogP contribution in [0.2, 0.25) is 0 Å². The summed E-state index contributed by atoms with van der Waals surface area (Å²) in [6, 6.07) is 8.54. The number of hydrogen-bond donors (Lipinski definition) is 1. The van der Waals surface area contributed by atoms with E-state index < -0.39 is 11.2 Å². The first-order chi connectivity index (χ1) is 8.67. The first-order valence-electron chi connectivity index (χ1n) is 7.18. The molecular weight excluding hydrogens is 236 g/mol. The Labute approximate surface area is 116 Å². The Morgan fingerprint density at radius 2 is 1.58 bits per heavy atom. The van der Waals surface area contributed by atoms with Gasteiger partial charge in [0.05, 0.1) is 16.8 Å². The first kappa shape index (κ1) is 14.5. The van der Waals surface area contributed by atoms with Crippen molar-refractivity contribution < 1.29 is 9.84 Å². The fourth-order valence-corrected chi connectivity index (χ4v) is 3.24. The molecule has 1 atom stereocenters. The summed E-state index contributed by atoms with van der Waals surface area (Å²) in [4.78, 5) is 0. The summed E-state index contributed by atoms with van der Waals surface area (Å²) in [5.41, 5.74) is 0.929. The maximum atomic E-state index is 11.0. The highest BCUT2D eigenvalue weighted by atomic mass is 16.5. The van der Waals surface area contributed by atoms with Crippen molar-refractivity contribution in [3.8, 4) is 0 Å². The van der Waals surface area contributed by atoms with E-state index in [0.29, 0.717) is 12.8 Å². The molecule has 106 valence electrons. The standard InChI is InChI=1S/C17H26O2/c1-6-13-7-9-14(10-8-13)11-17(18)12-15(2,3)19-16(17,4)5/h7-10,18H,6,11-12H2,1-5H3. The molecule has 1 N–H and O–H groups in total. The van der Waals surface area contributed by atoms with Crippen molar-refractivity contribution in [2.24, 2.45) is 0 Å². The van der Waals surface area contributed by atoms with Crippen molar-refractivity contribution in [3.63, 3.8) is 0 Å². The molecular formula is C17H26O2. The molecule has 0 saturated carbocycles. The van der Waals surface area contributed by atoms with Gasteiger partial charge >= 0.3 is 0 Å². The molecule has 1 aliphatic heterocycles. The average molecular weight is 262 g/mol. The fraction of sp³-hybridized carbons (Fsp3) is 0.647. The molecule has 1 heterocycles. The van der Waals surface area contributed by atoms with Gasteiger partial charge in [-0.05, 0) is 45.2 Å². The van der Waals surface area contributed by atoms with Gasteiger partial charge in [0.2, 0.25) is 0 Å². The molecule has 2 rings (SSSR count). The monoisotopic (exact) mass is 262 g/mol. The highest BCUT2D eigenvalue weighted by molar-refractivity contribution is 5.25. The number of hydrogen-bond acceptors (Lipinski definition) is 2. The van der Waals surface area contributed by atoms with Crippen molar-refractivity contribution in [3.05, 3.63) is 35.4 Å². The molecule has 2 heteroatoms. The van der Waals surface area contributed by atoms with Crippen molar-refractivity contribution >= 4 is 0 Å². The first-order valence-corrected chi connectivity index (χ1v) is 7.18. The van der Waals surface area contributed by atoms with Crippen LogP contribution in [-0.4, -0.2) is 21.9 Å². The Kier molecular flexibility index (Phi) is 3.53. The molecule has 0 aromatic heterocycles. The van der Waals surface area contributed by atoms with Crippen LogP contribution in [0.15, 0.2) is 24.3 Å². The Bertz CT molecular complexity index is 445. The second-order valence-electron chi connectivity index (χ2n) is 6.93. The van der Waals surface area contributed by atoms with Crippen LogP contribution in [0.5, 0.6) is 0 Å². The lowest BCUT2D eigenvalue weighted by Crippen LogP contribution is -2.48. The Morgan fingerprint density at radius 1 is 1.05 bits per heavy atom. The summed E-state index contributed by atoms with van der Waals surface area (Å²) in [5, 5.41) is 11.0. The predicted molar refractivity (Wildman–Crippen MR) is 78.3 cm³/mol. The molecule has 0 spiro atoms. The van der Waals surface area contributed by atoms with Crippen LogP contribution in [0.4, 0.5) is 0 Å². The average Bonchev–Trinajstić information content (AvgIpc) is 2.43. The maximum Gasteiger partial charge on any atom is 0.0998 e. The van der Waals surface area contributed by atoms with Crippen molar-refractivity contribution in [2.45, 2.75) is 70.7 Å². The van der Waals surface area contributed by atoms with Gasteiger partial charge in [-0.25, -0.2) is 0 Å². The Morgan fingerprint density at radius 3 is 2.00 bits per heavy atom. The summed E-state index contributed by atoms with van der Waals surface area (Å²) in [7, 11) is 0. The van der Waals surface area contributed by atoms with Gasteiger partial charge in [-0.3, -0.25) is 0 Å². The van der Waals surface area contributed by atoms with Crippen LogP contribution in [0.1, 0.15) is 52.2 Å². The van der Waals surface area contributed by atoms with Gasteiger partial charge in [-0.1, -0.05) is 31.2 Å². The SMILES string of the molecule is CCc1ccc(CC2(O)CC(C)(C)OC2(C)C)cc1. The summed E-state index contributed by atoms with van der Waals surface area (Å²) >= 11 is 0. The molecule has 1 saturated heterocycles. The molecule has 19 heavy (non-hydrogen) atoms. The highest BCUT2D eigenvalue weighted by Gasteiger charge is 2.56. The van der Waals surface area contributed by atoms with E-state index in [9.17, 15) is 5.11 Å². The van der Waals surface area contributed by atoms with Gasteiger partial charge in [-0.2, -0.15) is 0 Å². The second kappa shape index (κ2) is 4.60. The molecule has 1 aliphatic rings. The molecule has 0 radical (unpaired) electrons. The van der Waals surface area contributed by atoms with Crippen molar-refractivity contribution in [1.29, 1.82) is 0 Å². The van der Waals surface area contributed by atoms with Gasteiger partial charge in [0.15, 0.2) is 0 Å². The van der Waals surface area contributed by atoms with Crippen LogP contribution >= 0.6 is 0 Å². The minimum Gasteiger partial charge on any atom is -0.386 e. The number of aryl methyl sites for hydroxylation is 1. The fourth-order valence-electron chi connectivity index (χ4n) is 3.24. The van der Waals surface area contributed by atoms with Crippen LogP contribution in [0.25, 0.3) is 0 Å². The largest absolute Gasteiger partial charge is 0.386 e. The quantitative estimate of drug-likeness (QED) is 0.903. The lowest BCUT2D eigenvalue weighted by atomic mass is 9.78. The molecule has 1 unspecified atom stereocenters. The molecule has 2 nitrogen and oxygen atoms in total. The predicted octanol–water partition coefficient (Wildman–Crippen LogP) is 3.50. The second-order valence-corrected chi connectivity index (χ2v) is 6.93. The molecule has 0 aliphatic carbocycles. The minimum atomic E-state index is -0.801. The van der Waals surface area contributed by atoms with E-state index in [-0.39, 0.29) is 5.60 Å². The normalized spacial score (nSPS) is 28.5. The van der Waals surface area contributed by atoms with Gasteiger partial charge in [0.25, 0.3) is 0 Å². The highest BCUT2D eigenvalue weighted by Crippen LogP contribution is 2.46. The van der Waals surface area contributed by atoms with Crippen molar-refractivity contribution in [2.75, 3.05) is 0 Å². The van der Waals surface area contributed by atoms with Crippen molar-refractivity contribution in [1.82, 2.24) is 0 Å². The lowest BCUT2D eigenvalue weighted by Gasteiger charge is -2.35. The van der Waals surface area contributed by atoms with Gasteiger partial charge < -0.3 is 9.84 Å². The maximum absolute atomic E-state index is 11.0. The van der Waals surface area contributed by atoms with E-state index in [1.165, 1.54) is 11.1 Å². The van der Waals surface area contributed by atoms with Crippen LogP contribution < -0.4 is 0 Å². The number of ether oxygens (including phenoxy) is 1. The Balaban J connectivity index is 2.21. The summed E-state index contributed by atoms with van der Waals surface area (Å²) in [6.45, 7) is 10.2. The smallest absolute Gasteiger partial charge is 0.0998 e. The zero-order chi connectivity index (χ0) is 14.3. The third-order valence-corrected chi connectivity index (χ3v) is 4.30. The number of aliphatic hydroxyl groups is 1. The topological polar surface area (TPSA) is 29.5 Å². The molecule has 1 aromatic carbocycles. The van der Waals surface area contributed by atoms with Crippen LogP contribution in [0.3, 0.4) is 0 Å². The molecule has 1 fully saturated rings. The number of benzene rings is 1. The summed E-state index contributed by atoms with van der Waals surface area (Å²) in [6.07, 6.45) is 2.36. The van der Waals surface area contributed by atoms with Gasteiger partial charge in [0.1, 0.15) is 0 Å². The van der Waals surface area contributed by atoms with E-state index in [4.69, 9.17) is 4.74 Å². The minimum absolute atomic E-state index is 0.262. The summed E-state index contributed by atoms with van der Waals surface area (Å²) < 4.78 is 6.02. The van der Waals surface area contributed by atoms with E-state index >= 15 is 0 Å². The van der Waals surface area contributed by atoms with Crippen LogP contribution in [-0.2, 0) is 17.6 Å². The zero-order valence-electron chi connectivity index (χ0n) is 12.8. The Hall–Kier alpha value is -0.860. The van der Waals surface area contributed by atoms with Gasteiger partial charge in [0, 0.05) is 12.8 Å². The van der Waals surface area contributed by atoms with Crippen LogP contribution in [0, 0.1) is 0 Å². The number of rotatable bonds is 3. The third-order valence-electron chi connectivity index (χ3n) is 4.30. The lowest BCUT2D eigenvalue weighted by molar-refractivity contribution is -0.125.